The predicted octanol–water partition coefficient (Wildman–Crippen LogP) is -0.265. The molecule has 5 aliphatic heterocycles. The predicted molar refractivity (Wildman–Crippen MR) is 277 cm³/mol. The zero-order valence-electron chi connectivity index (χ0n) is 48.0. The van der Waals surface area contributed by atoms with E-state index in [9.17, 15) is 68.5 Å². The van der Waals surface area contributed by atoms with E-state index in [2.05, 4.69) is 26.8 Å². The number of rotatable bonds is 16. The van der Waals surface area contributed by atoms with E-state index in [0.29, 0.717) is 38.5 Å². The number of esters is 2. The van der Waals surface area contributed by atoms with Crippen LogP contribution >= 0.6 is 0 Å². The lowest BCUT2D eigenvalue weighted by atomic mass is 9.40. The van der Waals surface area contributed by atoms with Gasteiger partial charge in [0, 0.05) is 19.4 Å². The highest BCUT2D eigenvalue weighted by atomic mass is 32.3. The van der Waals surface area contributed by atoms with Crippen molar-refractivity contribution in [2.45, 2.75) is 248 Å². The molecule has 82 heavy (non-hydrogen) atoms. The van der Waals surface area contributed by atoms with Gasteiger partial charge < -0.3 is 98.1 Å². The summed E-state index contributed by atoms with van der Waals surface area (Å²) in [5.41, 5.74) is -4.57. The van der Waals surface area contributed by atoms with E-state index >= 15 is 0 Å². The molecule has 3 saturated carbocycles. The van der Waals surface area contributed by atoms with E-state index in [1.54, 1.807) is 6.92 Å². The Hall–Kier alpha value is -2.43. The minimum Gasteiger partial charge on any atom is -0.459 e. The van der Waals surface area contributed by atoms with Crippen LogP contribution in [0.2, 0.25) is 0 Å². The van der Waals surface area contributed by atoms with Crippen LogP contribution in [0.5, 0.6) is 0 Å². The van der Waals surface area contributed by atoms with Crippen LogP contribution in [-0.4, -0.2) is 232 Å². The summed E-state index contributed by atoms with van der Waals surface area (Å²) in [4.78, 5) is 27.5. The fourth-order valence-electron chi connectivity index (χ4n) is 16.3. The van der Waals surface area contributed by atoms with Crippen molar-refractivity contribution in [2.24, 2.45) is 33.5 Å². The first kappa shape index (κ1) is 64.1. The lowest BCUT2D eigenvalue weighted by Crippen LogP contribution is -2.66. The van der Waals surface area contributed by atoms with Crippen LogP contribution < -0.4 is 0 Å². The summed E-state index contributed by atoms with van der Waals surface area (Å²) in [5.74, 6) is -1.24. The van der Waals surface area contributed by atoms with Crippen LogP contribution in [0.4, 0.5) is 0 Å². The van der Waals surface area contributed by atoms with Gasteiger partial charge in [0.1, 0.15) is 96.5 Å². The highest BCUT2D eigenvalue weighted by Crippen LogP contribution is 2.78. The van der Waals surface area contributed by atoms with Crippen molar-refractivity contribution in [3.63, 3.8) is 0 Å². The fourth-order valence-corrected chi connectivity index (χ4v) is 16.7. The Morgan fingerprint density at radius 3 is 2.06 bits per heavy atom. The van der Waals surface area contributed by atoms with Crippen molar-refractivity contribution in [1.29, 1.82) is 0 Å². The summed E-state index contributed by atoms with van der Waals surface area (Å²) in [6.07, 6.45) is -23.3. The van der Waals surface area contributed by atoms with E-state index in [0.717, 1.165) is 11.1 Å². The second-order valence-corrected chi connectivity index (χ2v) is 26.7. The van der Waals surface area contributed by atoms with Crippen LogP contribution in [0, 0.1) is 33.5 Å². The number of aliphatic hydroxyl groups is 9. The molecule has 27 atom stereocenters. The Morgan fingerprint density at radius 1 is 0.768 bits per heavy atom. The third-order valence-corrected chi connectivity index (χ3v) is 20.9. The average Bonchev–Trinajstić information content (AvgIpc) is 1.92. The summed E-state index contributed by atoms with van der Waals surface area (Å²) in [6.45, 7) is 14.9. The summed E-state index contributed by atoms with van der Waals surface area (Å²) < 4.78 is 104. The normalized spacial score (nSPS) is 50.0. The maximum atomic E-state index is 14.7. The summed E-state index contributed by atoms with van der Waals surface area (Å²) >= 11 is 0. The number of aliphatic hydroxyl groups excluding tert-OH is 8. The van der Waals surface area contributed by atoms with Crippen molar-refractivity contribution in [3.8, 4) is 0 Å². The molecule has 9 aliphatic rings. The number of ether oxygens (including phenoxy) is 11. The molecule has 9 rings (SSSR count). The Morgan fingerprint density at radius 2 is 1.41 bits per heavy atom. The average molecular weight is 1200 g/mol. The molecule has 0 aromatic carbocycles. The molecule has 5 saturated heterocycles. The van der Waals surface area contributed by atoms with Gasteiger partial charge in [-0.3, -0.25) is 14.1 Å². The molecule has 468 valence electrons. The largest absolute Gasteiger partial charge is 0.459 e. The summed E-state index contributed by atoms with van der Waals surface area (Å²) in [5, 5.41) is 102. The van der Waals surface area contributed by atoms with Crippen LogP contribution in [-0.2, 0) is 76.3 Å². The van der Waals surface area contributed by atoms with E-state index in [1.807, 2.05) is 26.8 Å². The highest BCUT2D eigenvalue weighted by molar-refractivity contribution is 7.80. The van der Waals surface area contributed by atoms with Gasteiger partial charge in [0.2, 0.25) is 0 Å². The van der Waals surface area contributed by atoms with Crippen LogP contribution in [0.15, 0.2) is 23.3 Å². The zero-order chi connectivity index (χ0) is 60.2. The van der Waals surface area contributed by atoms with Crippen LogP contribution in [0.3, 0.4) is 0 Å². The monoisotopic (exact) mass is 1190 g/mol. The number of methoxy groups -OCH3 is 1. The maximum absolute atomic E-state index is 14.7. The standard InChI is InChI=1S/C55H86O26S/c1-24(2)12-11-17-53(9)55(66)34(74-26(4)57)20-52(8)28-13-14-32-50(5,6)33(16-18-51(32,7)27(28)15-19-54(52,55)49(65)80-53)76-48-44(36(60)31(23-72-48)81-82(67,68)69)79-46-38(62)37(61)41(25(3)73-46)77-45-39(63)42(29(58)22-71-45)78-47-40(64)43(70-10)35(59)30(21-56)75-47/h12-13,25,27,29-48,56,58-64,66H,11,14-23H2,1-10H3,(H,67,68,69). The summed E-state index contributed by atoms with van der Waals surface area (Å²) in [7, 11) is -3.97. The molecule has 1 spiro atoms. The minimum atomic E-state index is -5.18. The summed E-state index contributed by atoms with van der Waals surface area (Å²) in [6, 6.07) is 0. The van der Waals surface area contributed by atoms with Gasteiger partial charge in [0.15, 0.2) is 30.8 Å². The lowest BCUT2D eigenvalue weighted by Gasteiger charge is -2.64. The van der Waals surface area contributed by atoms with E-state index in [1.165, 1.54) is 21.0 Å². The first-order valence-electron chi connectivity index (χ1n) is 28.4. The third kappa shape index (κ3) is 10.6. The molecule has 27 unspecified atom stereocenters. The number of hydrogen-bond donors (Lipinski definition) is 10. The molecule has 0 radical (unpaired) electrons. The first-order chi connectivity index (χ1) is 38.2. The third-order valence-electron chi connectivity index (χ3n) is 20.4. The van der Waals surface area contributed by atoms with Crippen LogP contribution in [0.25, 0.3) is 0 Å². The number of allylic oxidation sites excluding steroid dienone is 4. The first-order valence-corrected chi connectivity index (χ1v) is 29.8. The molecule has 0 amide bonds. The lowest BCUT2D eigenvalue weighted by molar-refractivity contribution is -0.382. The van der Waals surface area contributed by atoms with Gasteiger partial charge in [-0.05, 0) is 102 Å². The Kier molecular flexibility index (Phi) is 18.2. The number of hydrogen-bond acceptors (Lipinski definition) is 25. The van der Waals surface area contributed by atoms with E-state index in [4.69, 9.17) is 56.3 Å². The fraction of sp³-hybridized carbons (Fsp3) is 0.891. The molecule has 5 heterocycles. The van der Waals surface area contributed by atoms with Crippen LogP contribution in [0.1, 0.15) is 114 Å². The number of fused-ring (bicyclic) bond motifs is 4. The maximum Gasteiger partial charge on any atom is 0.397 e. The van der Waals surface area contributed by atoms with Gasteiger partial charge in [-0.1, -0.05) is 51.0 Å². The molecule has 26 nitrogen and oxygen atoms in total. The molecule has 10 N–H and O–H groups in total. The number of carbonyl (C=O) groups is 2. The molecular weight excluding hydrogens is 1110 g/mol. The molecule has 0 aromatic heterocycles. The van der Waals surface area contributed by atoms with Crippen molar-refractivity contribution in [2.75, 3.05) is 26.9 Å². The second kappa shape index (κ2) is 23.3. The topological polar surface area (TPSA) is 381 Å². The Labute approximate surface area is 477 Å². The highest BCUT2D eigenvalue weighted by Gasteiger charge is 2.87. The van der Waals surface area contributed by atoms with Crippen molar-refractivity contribution in [3.05, 3.63) is 23.3 Å². The Bertz CT molecular complexity index is 2510. The molecular formula is C55H86O26S. The number of cyclic esters (lactones) is 1. The van der Waals surface area contributed by atoms with Crippen molar-refractivity contribution >= 4 is 22.3 Å². The molecule has 8 fully saturated rings. The van der Waals surface area contributed by atoms with Gasteiger partial charge in [-0.2, -0.15) is 8.42 Å². The minimum absolute atomic E-state index is 0.0823. The van der Waals surface area contributed by atoms with Gasteiger partial charge >= 0.3 is 22.3 Å². The van der Waals surface area contributed by atoms with Gasteiger partial charge in [0.05, 0.1) is 32.0 Å². The zero-order valence-corrected chi connectivity index (χ0v) is 48.9. The van der Waals surface area contributed by atoms with E-state index in [-0.39, 0.29) is 24.7 Å². The second-order valence-electron chi connectivity index (χ2n) is 25.7. The smallest absolute Gasteiger partial charge is 0.397 e. The van der Waals surface area contributed by atoms with Gasteiger partial charge in [0.25, 0.3) is 0 Å². The molecule has 4 aliphatic carbocycles. The molecule has 0 bridgehead atoms. The number of carbonyl (C=O) groups excluding carboxylic acids is 2. The Balaban J connectivity index is 0.916. The molecule has 27 heteroatoms. The molecule has 0 aromatic rings. The van der Waals surface area contributed by atoms with Crippen molar-refractivity contribution < 1.29 is 125 Å². The quantitative estimate of drug-likeness (QED) is 0.0540. The van der Waals surface area contributed by atoms with Crippen molar-refractivity contribution in [1.82, 2.24) is 0 Å². The SMILES string of the molecule is COC1C(O)C(CO)OC(OC2C(O)COC(OC3C(C)OC(OC4C(OC5CCC6(C)C7CCC89C(=O)OC(C)(CCC=C(C)C)C8(O)C(OC(C)=O)CC9(C)C7=CCC6C5(C)C)OCC(OS(=O)(=O)O)C4O)C(O)C3O)C2O)C1O. The van der Waals surface area contributed by atoms with Gasteiger partial charge in [-0.25, -0.2) is 4.18 Å². The van der Waals surface area contributed by atoms with Gasteiger partial charge in [-0.15, -0.1) is 0 Å². The van der Waals surface area contributed by atoms with E-state index < -0.39 is 198 Å².